The topological polar surface area (TPSA) is 37.3 Å². The van der Waals surface area contributed by atoms with Crippen molar-refractivity contribution in [1.29, 1.82) is 0 Å². The van der Waals surface area contributed by atoms with E-state index in [4.69, 9.17) is 5.11 Å². The number of benzene rings is 1. The summed E-state index contributed by atoms with van der Waals surface area (Å²) in [6, 6.07) is 7.90. The van der Waals surface area contributed by atoms with Crippen LogP contribution in [0.1, 0.15) is 36.8 Å². The summed E-state index contributed by atoms with van der Waals surface area (Å²) in [6.07, 6.45) is 7.19. The molecule has 2 nitrogen and oxygen atoms in total. The van der Waals surface area contributed by atoms with Gasteiger partial charge in [0.1, 0.15) is 0 Å². The fourth-order valence-corrected chi connectivity index (χ4v) is 2.16. The zero-order chi connectivity index (χ0) is 11.4. The Kier molecular flexibility index (Phi) is 3.40. The molecule has 16 heavy (non-hydrogen) atoms. The van der Waals surface area contributed by atoms with E-state index in [0.717, 1.165) is 18.4 Å². The van der Waals surface area contributed by atoms with Crippen LogP contribution in [0.15, 0.2) is 30.3 Å². The molecule has 1 aromatic carbocycles. The quantitative estimate of drug-likeness (QED) is 0.842. The van der Waals surface area contributed by atoms with Gasteiger partial charge in [-0.25, -0.2) is 0 Å². The molecule has 0 bridgehead atoms. The van der Waals surface area contributed by atoms with Crippen LogP contribution in [0.3, 0.4) is 0 Å². The lowest BCUT2D eigenvalue weighted by atomic mass is 9.92. The van der Waals surface area contributed by atoms with Crippen LogP contribution in [0.4, 0.5) is 0 Å². The van der Waals surface area contributed by atoms with Crippen LogP contribution in [0.5, 0.6) is 0 Å². The van der Waals surface area contributed by atoms with E-state index in [9.17, 15) is 4.79 Å². The third-order valence-electron chi connectivity index (χ3n) is 2.94. The number of allylic oxidation sites excluding steroid dienone is 2. The Morgan fingerprint density at radius 1 is 1.31 bits per heavy atom. The molecule has 0 spiro atoms. The molecule has 0 aromatic heterocycles. The van der Waals surface area contributed by atoms with Crippen molar-refractivity contribution in [1.82, 2.24) is 0 Å². The van der Waals surface area contributed by atoms with Gasteiger partial charge in [0.05, 0.1) is 6.42 Å². The van der Waals surface area contributed by atoms with Crippen LogP contribution in [0, 0.1) is 0 Å². The fourth-order valence-electron chi connectivity index (χ4n) is 2.16. The molecule has 0 unspecified atom stereocenters. The predicted octanol–water partition coefficient (Wildman–Crippen LogP) is 3.27. The largest absolute Gasteiger partial charge is 0.481 e. The minimum atomic E-state index is -0.769. The molecule has 1 aliphatic carbocycles. The van der Waals surface area contributed by atoms with Crippen molar-refractivity contribution in [2.24, 2.45) is 0 Å². The number of rotatable bonds is 3. The number of hydrogen-bond donors (Lipinski definition) is 1. The van der Waals surface area contributed by atoms with E-state index in [-0.39, 0.29) is 6.42 Å². The Morgan fingerprint density at radius 2 is 2.19 bits per heavy atom. The minimum Gasteiger partial charge on any atom is -0.481 e. The van der Waals surface area contributed by atoms with E-state index >= 15 is 0 Å². The summed E-state index contributed by atoms with van der Waals surface area (Å²) in [7, 11) is 0. The van der Waals surface area contributed by atoms with Crippen molar-refractivity contribution >= 4 is 11.5 Å². The molecular weight excluding hydrogens is 200 g/mol. The monoisotopic (exact) mass is 216 g/mol. The predicted molar refractivity (Wildman–Crippen MR) is 64.2 cm³/mol. The van der Waals surface area contributed by atoms with Crippen LogP contribution in [-0.2, 0) is 11.2 Å². The molecule has 0 heterocycles. The standard InChI is InChI=1S/C14H16O2/c15-14(16)10-11-5-4-8-13(9-11)12-6-2-1-3-7-12/h4-6,8-9H,1-3,7,10H2,(H,15,16). The summed E-state index contributed by atoms with van der Waals surface area (Å²) < 4.78 is 0. The normalized spacial score (nSPS) is 15.6. The highest BCUT2D eigenvalue weighted by Crippen LogP contribution is 2.27. The van der Waals surface area contributed by atoms with Crippen LogP contribution < -0.4 is 0 Å². The SMILES string of the molecule is O=C(O)Cc1cccc(C2=CCCCC2)c1. The van der Waals surface area contributed by atoms with Crippen LogP contribution in [0.25, 0.3) is 5.57 Å². The van der Waals surface area contributed by atoms with E-state index in [0.29, 0.717) is 0 Å². The molecule has 0 amide bonds. The van der Waals surface area contributed by atoms with Gasteiger partial charge in [0.2, 0.25) is 0 Å². The molecule has 1 aliphatic rings. The summed E-state index contributed by atoms with van der Waals surface area (Å²) in [5.74, 6) is -0.769. The zero-order valence-corrected chi connectivity index (χ0v) is 9.28. The lowest BCUT2D eigenvalue weighted by Gasteiger charge is -2.13. The smallest absolute Gasteiger partial charge is 0.307 e. The maximum atomic E-state index is 10.6. The Balaban J connectivity index is 2.21. The highest BCUT2D eigenvalue weighted by molar-refractivity contribution is 5.72. The molecule has 2 heteroatoms. The molecule has 0 atom stereocenters. The average Bonchev–Trinajstić information content (AvgIpc) is 2.30. The summed E-state index contributed by atoms with van der Waals surface area (Å²) in [4.78, 5) is 10.6. The lowest BCUT2D eigenvalue weighted by Crippen LogP contribution is -2.00. The van der Waals surface area contributed by atoms with Gasteiger partial charge in [-0.15, -0.1) is 0 Å². The molecular formula is C14H16O2. The number of carbonyl (C=O) groups is 1. The zero-order valence-electron chi connectivity index (χ0n) is 9.28. The van der Waals surface area contributed by atoms with Gasteiger partial charge in [-0.3, -0.25) is 4.79 Å². The van der Waals surface area contributed by atoms with Crippen molar-refractivity contribution in [3.05, 3.63) is 41.5 Å². The first-order valence-corrected chi connectivity index (χ1v) is 5.76. The molecule has 0 radical (unpaired) electrons. The minimum absolute atomic E-state index is 0.112. The van der Waals surface area contributed by atoms with Crippen LogP contribution in [0.2, 0.25) is 0 Å². The first kappa shape index (κ1) is 10.9. The van der Waals surface area contributed by atoms with E-state index in [1.165, 1.54) is 24.0 Å². The molecule has 2 rings (SSSR count). The van der Waals surface area contributed by atoms with Crippen molar-refractivity contribution in [3.8, 4) is 0 Å². The first-order chi connectivity index (χ1) is 7.75. The van der Waals surface area contributed by atoms with Gasteiger partial charge in [0, 0.05) is 0 Å². The Hall–Kier alpha value is -1.57. The van der Waals surface area contributed by atoms with Crippen molar-refractivity contribution in [3.63, 3.8) is 0 Å². The van der Waals surface area contributed by atoms with Gasteiger partial charge in [-0.1, -0.05) is 30.3 Å². The molecule has 84 valence electrons. The van der Waals surface area contributed by atoms with Crippen LogP contribution in [-0.4, -0.2) is 11.1 Å². The lowest BCUT2D eigenvalue weighted by molar-refractivity contribution is -0.136. The van der Waals surface area contributed by atoms with Gasteiger partial charge < -0.3 is 5.11 Å². The van der Waals surface area contributed by atoms with E-state index < -0.39 is 5.97 Å². The molecule has 0 fully saturated rings. The molecule has 0 saturated carbocycles. The molecule has 1 aromatic rings. The average molecular weight is 216 g/mol. The maximum Gasteiger partial charge on any atom is 0.307 e. The maximum absolute atomic E-state index is 10.6. The number of carboxylic acid groups (broad SMARTS) is 1. The number of aliphatic carboxylic acids is 1. The van der Waals surface area contributed by atoms with Gasteiger partial charge in [-0.2, -0.15) is 0 Å². The van der Waals surface area contributed by atoms with E-state index in [1.807, 2.05) is 18.2 Å². The summed E-state index contributed by atoms with van der Waals surface area (Å²) in [6.45, 7) is 0. The molecule has 0 aliphatic heterocycles. The van der Waals surface area contributed by atoms with Gasteiger partial charge >= 0.3 is 5.97 Å². The first-order valence-electron chi connectivity index (χ1n) is 5.76. The van der Waals surface area contributed by atoms with Gasteiger partial charge in [-0.05, 0) is 42.4 Å². The van der Waals surface area contributed by atoms with Crippen molar-refractivity contribution in [2.75, 3.05) is 0 Å². The van der Waals surface area contributed by atoms with Gasteiger partial charge in [0.15, 0.2) is 0 Å². The van der Waals surface area contributed by atoms with Gasteiger partial charge in [0.25, 0.3) is 0 Å². The van der Waals surface area contributed by atoms with Crippen LogP contribution >= 0.6 is 0 Å². The third kappa shape index (κ3) is 2.72. The Bertz CT molecular complexity index is 418. The summed E-state index contributed by atoms with van der Waals surface area (Å²) in [5, 5.41) is 8.75. The van der Waals surface area contributed by atoms with E-state index in [1.54, 1.807) is 0 Å². The second-order valence-corrected chi connectivity index (χ2v) is 4.25. The highest BCUT2D eigenvalue weighted by atomic mass is 16.4. The molecule has 1 N–H and O–H groups in total. The molecule has 0 saturated heterocycles. The Labute approximate surface area is 95.6 Å². The van der Waals surface area contributed by atoms with E-state index in [2.05, 4.69) is 12.1 Å². The van der Waals surface area contributed by atoms with Crippen molar-refractivity contribution in [2.45, 2.75) is 32.1 Å². The van der Waals surface area contributed by atoms with Crippen molar-refractivity contribution < 1.29 is 9.90 Å². The highest BCUT2D eigenvalue weighted by Gasteiger charge is 2.07. The third-order valence-corrected chi connectivity index (χ3v) is 2.94. The second-order valence-electron chi connectivity index (χ2n) is 4.25. The second kappa shape index (κ2) is 4.97. The summed E-state index contributed by atoms with van der Waals surface area (Å²) in [5.41, 5.74) is 3.45. The number of hydrogen-bond acceptors (Lipinski definition) is 1. The fraction of sp³-hybridized carbons (Fsp3) is 0.357. The summed E-state index contributed by atoms with van der Waals surface area (Å²) >= 11 is 0. The number of carboxylic acids is 1. The Morgan fingerprint density at radius 3 is 2.88 bits per heavy atom.